The number of hydrogen-bond donors (Lipinski definition) is 0. The number of amides is 2. The Morgan fingerprint density at radius 2 is 1.67 bits per heavy atom. The first-order valence-corrected chi connectivity index (χ1v) is 11.3. The Kier molecular flexibility index (Phi) is 6.32. The standard InChI is InChI=1S/C24H18ClNO2S2/c1-16-6-8-17(9-7-16)15-26-23(27)22(30-24(26)28)14-18-4-2-3-5-21(18)29-20-12-10-19(25)11-13-20/h2-14H,15H2,1H3/b22-14-. The SMILES string of the molecule is Cc1ccc(CN2C(=O)S/C(=C\c3ccccc3Sc3ccc(Cl)cc3)C2=O)cc1. The fourth-order valence-electron chi connectivity index (χ4n) is 2.98. The number of halogens is 1. The van der Waals surface area contributed by atoms with E-state index in [4.69, 9.17) is 11.6 Å². The molecule has 6 heteroatoms. The van der Waals surface area contributed by atoms with Crippen molar-refractivity contribution in [2.24, 2.45) is 0 Å². The summed E-state index contributed by atoms with van der Waals surface area (Å²) < 4.78 is 0. The molecule has 150 valence electrons. The van der Waals surface area contributed by atoms with E-state index in [0.29, 0.717) is 9.93 Å². The Bertz CT molecular complexity index is 1120. The minimum absolute atomic E-state index is 0.241. The van der Waals surface area contributed by atoms with Crippen molar-refractivity contribution in [2.45, 2.75) is 23.3 Å². The van der Waals surface area contributed by atoms with Crippen LogP contribution in [-0.4, -0.2) is 16.0 Å². The van der Waals surface area contributed by atoms with Gasteiger partial charge in [0.15, 0.2) is 0 Å². The lowest BCUT2D eigenvalue weighted by Crippen LogP contribution is -2.27. The van der Waals surface area contributed by atoms with E-state index in [1.807, 2.05) is 79.7 Å². The highest BCUT2D eigenvalue weighted by Gasteiger charge is 2.35. The average molecular weight is 452 g/mol. The van der Waals surface area contributed by atoms with E-state index in [9.17, 15) is 9.59 Å². The molecular formula is C24H18ClNO2S2. The second-order valence-electron chi connectivity index (χ2n) is 6.85. The highest BCUT2D eigenvalue weighted by atomic mass is 35.5. The number of nitrogens with zero attached hydrogens (tertiary/aromatic N) is 1. The molecule has 1 aliphatic heterocycles. The molecule has 2 amide bonds. The molecule has 3 aromatic carbocycles. The van der Waals surface area contributed by atoms with Crippen LogP contribution in [0.4, 0.5) is 4.79 Å². The molecule has 30 heavy (non-hydrogen) atoms. The minimum Gasteiger partial charge on any atom is -0.268 e. The molecular weight excluding hydrogens is 434 g/mol. The van der Waals surface area contributed by atoms with E-state index in [1.165, 1.54) is 4.90 Å². The van der Waals surface area contributed by atoms with Crippen molar-refractivity contribution < 1.29 is 9.59 Å². The Labute approximate surface area is 189 Å². The van der Waals surface area contributed by atoms with Crippen LogP contribution in [0.5, 0.6) is 0 Å². The van der Waals surface area contributed by atoms with Crippen molar-refractivity contribution in [2.75, 3.05) is 0 Å². The van der Waals surface area contributed by atoms with Gasteiger partial charge in [0.1, 0.15) is 0 Å². The Morgan fingerprint density at radius 3 is 2.40 bits per heavy atom. The summed E-state index contributed by atoms with van der Waals surface area (Å²) in [4.78, 5) is 29.2. The number of aryl methyl sites for hydroxylation is 1. The van der Waals surface area contributed by atoms with Gasteiger partial charge in [0.25, 0.3) is 11.1 Å². The van der Waals surface area contributed by atoms with Crippen molar-refractivity contribution in [3.8, 4) is 0 Å². The third kappa shape index (κ3) is 4.81. The molecule has 3 aromatic rings. The van der Waals surface area contributed by atoms with E-state index in [-0.39, 0.29) is 17.7 Å². The number of imide groups is 1. The van der Waals surface area contributed by atoms with E-state index < -0.39 is 0 Å². The van der Waals surface area contributed by atoms with E-state index >= 15 is 0 Å². The van der Waals surface area contributed by atoms with Gasteiger partial charge >= 0.3 is 0 Å². The van der Waals surface area contributed by atoms with Crippen molar-refractivity contribution in [1.82, 2.24) is 4.90 Å². The fraction of sp³-hybridized carbons (Fsp3) is 0.0833. The molecule has 1 saturated heterocycles. The molecule has 1 aliphatic rings. The normalized spacial score (nSPS) is 15.3. The first-order chi connectivity index (χ1) is 14.5. The van der Waals surface area contributed by atoms with Gasteiger partial charge in [-0.15, -0.1) is 0 Å². The zero-order valence-electron chi connectivity index (χ0n) is 16.2. The van der Waals surface area contributed by atoms with Crippen molar-refractivity contribution >= 4 is 52.3 Å². The molecule has 0 aromatic heterocycles. The lowest BCUT2D eigenvalue weighted by Gasteiger charge is -2.12. The average Bonchev–Trinajstić information content (AvgIpc) is 3.00. The van der Waals surface area contributed by atoms with Crippen LogP contribution in [0.25, 0.3) is 6.08 Å². The van der Waals surface area contributed by atoms with Gasteiger partial charge < -0.3 is 0 Å². The highest BCUT2D eigenvalue weighted by molar-refractivity contribution is 8.18. The highest BCUT2D eigenvalue weighted by Crippen LogP contribution is 2.37. The van der Waals surface area contributed by atoms with Crippen LogP contribution in [0.3, 0.4) is 0 Å². The lowest BCUT2D eigenvalue weighted by atomic mass is 10.1. The minimum atomic E-state index is -0.253. The molecule has 0 atom stereocenters. The predicted octanol–water partition coefficient (Wildman–Crippen LogP) is 7.04. The molecule has 0 unspecified atom stereocenters. The molecule has 0 saturated carbocycles. The van der Waals surface area contributed by atoms with E-state index in [2.05, 4.69) is 0 Å². The van der Waals surface area contributed by atoms with Gasteiger partial charge in [-0.1, -0.05) is 71.4 Å². The molecule has 3 nitrogen and oxygen atoms in total. The molecule has 0 spiro atoms. The maximum Gasteiger partial charge on any atom is 0.293 e. The zero-order chi connectivity index (χ0) is 21.1. The summed E-state index contributed by atoms with van der Waals surface area (Å²) in [5.74, 6) is -0.253. The third-order valence-corrected chi connectivity index (χ3v) is 6.84. The van der Waals surface area contributed by atoms with Gasteiger partial charge in [-0.2, -0.15) is 0 Å². The summed E-state index contributed by atoms with van der Waals surface area (Å²) >= 11 is 8.55. The van der Waals surface area contributed by atoms with Crippen LogP contribution < -0.4 is 0 Å². The Balaban J connectivity index is 1.56. The third-order valence-electron chi connectivity index (χ3n) is 4.58. The maximum atomic E-state index is 12.9. The smallest absolute Gasteiger partial charge is 0.268 e. The summed E-state index contributed by atoms with van der Waals surface area (Å²) in [6, 6.07) is 23.3. The van der Waals surface area contributed by atoms with Crippen molar-refractivity contribution in [3.05, 3.63) is 99.4 Å². The topological polar surface area (TPSA) is 37.4 Å². The van der Waals surface area contributed by atoms with Gasteiger partial charge in [-0.05, 0) is 66.2 Å². The van der Waals surface area contributed by atoms with Gasteiger partial charge in [-0.3, -0.25) is 14.5 Å². The van der Waals surface area contributed by atoms with E-state index in [0.717, 1.165) is 38.2 Å². The van der Waals surface area contributed by atoms with Gasteiger partial charge in [0.2, 0.25) is 0 Å². The second kappa shape index (κ2) is 9.13. The second-order valence-corrected chi connectivity index (χ2v) is 9.39. The fourth-order valence-corrected chi connectivity index (χ4v) is 4.85. The van der Waals surface area contributed by atoms with Crippen LogP contribution in [0, 0.1) is 6.92 Å². The molecule has 0 radical (unpaired) electrons. The van der Waals surface area contributed by atoms with E-state index in [1.54, 1.807) is 17.8 Å². The number of carbonyl (C=O) groups is 2. The van der Waals surface area contributed by atoms with Gasteiger partial charge in [0.05, 0.1) is 11.4 Å². The number of hydrogen-bond acceptors (Lipinski definition) is 4. The molecule has 1 fully saturated rings. The maximum absolute atomic E-state index is 12.9. The lowest BCUT2D eigenvalue weighted by molar-refractivity contribution is -0.123. The van der Waals surface area contributed by atoms with Crippen LogP contribution in [0.1, 0.15) is 16.7 Å². The number of rotatable bonds is 5. The van der Waals surface area contributed by atoms with Crippen molar-refractivity contribution in [3.63, 3.8) is 0 Å². The summed E-state index contributed by atoms with van der Waals surface area (Å²) in [7, 11) is 0. The molecule has 0 N–H and O–H groups in total. The largest absolute Gasteiger partial charge is 0.293 e. The summed E-state index contributed by atoms with van der Waals surface area (Å²) in [5.41, 5.74) is 2.98. The predicted molar refractivity (Wildman–Crippen MR) is 125 cm³/mol. The first-order valence-electron chi connectivity index (χ1n) is 9.33. The first kappa shape index (κ1) is 20.8. The summed E-state index contributed by atoms with van der Waals surface area (Å²) in [6.07, 6.45) is 1.80. The molecule has 1 heterocycles. The number of benzene rings is 3. The molecule has 0 aliphatic carbocycles. The van der Waals surface area contributed by atoms with Gasteiger partial charge in [-0.25, -0.2) is 0 Å². The quantitative estimate of drug-likeness (QED) is 0.390. The molecule has 4 rings (SSSR count). The summed E-state index contributed by atoms with van der Waals surface area (Å²) in [6.45, 7) is 2.29. The Morgan fingerprint density at radius 1 is 0.967 bits per heavy atom. The molecule has 0 bridgehead atoms. The Hall–Kier alpha value is -2.47. The monoisotopic (exact) mass is 451 g/mol. The van der Waals surface area contributed by atoms with Crippen LogP contribution in [-0.2, 0) is 11.3 Å². The number of thioether (sulfide) groups is 1. The van der Waals surface area contributed by atoms with Crippen LogP contribution >= 0.6 is 35.1 Å². The van der Waals surface area contributed by atoms with Crippen molar-refractivity contribution in [1.29, 1.82) is 0 Å². The number of carbonyl (C=O) groups excluding carboxylic acids is 2. The zero-order valence-corrected chi connectivity index (χ0v) is 18.6. The summed E-state index contributed by atoms with van der Waals surface area (Å²) in [5, 5.41) is 0.449. The van der Waals surface area contributed by atoms with Gasteiger partial charge in [0, 0.05) is 14.8 Å². The van der Waals surface area contributed by atoms with Crippen LogP contribution in [0.15, 0.2) is 87.5 Å². The van der Waals surface area contributed by atoms with Crippen LogP contribution in [0.2, 0.25) is 5.02 Å².